The SMILES string of the molecule is C[C@@H]1CCC[C@H](c2coc(-c3c(-n4cc(Cl)nn4)ccc(Cl)c3F)cc2=O)c2cc(ccn2)-c2c(ccn2C)NC1=O. The van der Waals surface area contributed by atoms with Crippen molar-refractivity contribution in [1.82, 2.24) is 24.5 Å². The van der Waals surface area contributed by atoms with Crippen LogP contribution < -0.4 is 10.7 Å². The molecule has 0 saturated carbocycles. The predicted molar refractivity (Wildman–Crippen MR) is 157 cm³/mol. The molecule has 2 bridgehead atoms. The Balaban J connectivity index is 1.46. The number of carbonyl (C=O) groups is 1. The Labute approximate surface area is 249 Å². The lowest BCUT2D eigenvalue weighted by Gasteiger charge is -2.20. The van der Waals surface area contributed by atoms with Gasteiger partial charge in [-0.3, -0.25) is 14.6 Å². The number of carbonyl (C=O) groups excluding carboxylic acids is 1. The van der Waals surface area contributed by atoms with Gasteiger partial charge in [-0.1, -0.05) is 41.8 Å². The fourth-order valence-corrected chi connectivity index (χ4v) is 5.67. The smallest absolute Gasteiger partial charge is 0.227 e. The third kappa shape index (κ3) is 5.12. The molecule has 0 fully saturated rings. The van der Waals surface area contributed by atoms with Gasteiger partial charge in [0.25, 0.3) is 0 Å². The predicted octanol–water partition coefficient (Wildman–Crippen LogP) is 6.62. The summed E-state index contributed by atoms with van der Waals surface area (Å²) in [5.74, 6) is -1.53. The van der Waals surface area contributed by atoms with Gasteiger partial charge in [-0.15, -0.1) is 5.10 Å². The average molecular weight is 607 g/mol. The van der Waals surface area contributed by atoms with Gasteiger partial charge in [0.2, 0.25) is 5.91 Å². The number of rotatable bonds is 3. The van der Waals surface area contributed by atoms with Gasteiger partial charge in [-0.25, -0.2) is 9.07 Å². The van der Waals surface area contributed by atoms with E-state index in [1.54, 1.807) is 6.20 Å². The molecule has 1 amide bonds. The summed E-state index contributed by atoms with van der Waals surface area (Å²) in [6.45, 7) is 1.89. The molecule has 1 N–H and O–H groups in total. The molecule has 1 aliphatic heterocycles. The summed E-state index contributed by atoms with van der Waals surface area (Å²) in [4.78, 5) is 31.3. The Morgan fingerprint density at radius 3 is 2.71 bits per heavy atom. The molecule has 0 radical (unpaired) electrons. The molecule has 1 aromatic carbocycles. The first-order valence-corrected chi connectivity index (χ1v) is 14.1. The zero-order valence-corrected chi connectivity index (χ0v) is 24.2. The van der Waals surface area contributed by atoms with Crippen LogP contribution in [0, 0.1) is 11.7 Å². The summed E-state index contributed by atoms with van der Waals surface area (Å²) < 4.78 is 24.5. The number of aromatic nitrogens is 5. The van der Waals surface area contributed by atoms with Gasteiger partial charge in [-0.2, -0.15) is 0 Å². The van der Waals surface area contributed by atoms with Crippen LogP contribution >= 0.6 is 23.2 Å². The third-order valence-electron chi connectivity index (χ3n) is 7.59. The zero-order valence-electron chi connectivity index (χ0n) is 22.6. The van der Waals surface area contributed by atoms with Crippen molar-refractivity contribution in [3.8, 4) is 28.3 Å². The van der Waals surface area contributed by atoms with E-state index in [2.05, 4.69) is 20.6 Å². The molecule has 0 spiro atoms. The van der Waals surface area contributed by atoms with Crippen molar-refractivity contribution in [1.29, 1.82) is 0 Å². The first-order chi connectivity index (χ1) is 20.2. The monoisotopic (exact) mass is 606 g/mol. The van der Waals surface area contributed by atoms with Crippen molar-refractivity contribution in [2.24, 2.45) is 13.0 Å². The number of halogens is 3. The lowest BCUT2D eigenvalue weighted by molar-refractivity contribution is -0.119. The van der Waals surface area contributed by atoms with Crippen LogP contribution in [0.1, 0.15) is 43.4 Å². The van der Waals surface area contributed by atoms with Crippen LogP contribution in [0.2, 0.25) is 10.2 Å². The van der Waals surface area contributed by atoms with Crippen molar-refractivity contribution in [2.45, 2.75) is 32.1 Å². The van der Waals surface area contributed by atoms with E-state index < -0.39 is 11.7 Å². The highest BCUT2D eigenvalue weighted by Gasteiger charge is 2.26. The van der Waals surface area contributed by atoms with Crippen molar-refractivity contribution in [2.75, 3.05) is 5.32 Å². The minimum atomic E-state index is -0.775. The molecule has 0 unspecified atom stereocenters. The average Bonchev–Trinajstić information content (AvgIpc) is 3.57. The van der Waals surface area contributed by atoms with E-state index in [0.717, 1.165) is 11.3 Å². The van der Waals surface area contributed by atoms with Crippen LogP contribution in [0.3, 0.4) is 0 Å². The number of hydrogen-bond donors (Lipinski definition) is 1. The zero-order chi connectivity index (χ0) is 29.5. The summed E-state index contributed by atoms with van der Waals surface area (Å²) >= 11 is 12.0. The van der Waals surface area contributed by atoms with Gasteiger partial charge < -0.3 is 14.3 Å². The molecule has 0 aliphatic carbocycles. The largest absolute Gasteiger partial charge is 0.464 e. The Morgan fingerprint density at radius 1 is 1.12 bits per heavy atom. The second-order valence-corrected chi connectivity index (χ2v) is 11.1. The van der Waals surface area contributed by atoms with Crippen LogP contribution in [-0.2, 0) is 11.8 Å². The van der Waals surface area contributed by atoms with E-state index in [9.17, 15) is 9.59 Å². The molecule has 6 rings (SSSR count). The number of anilines is 1. The van der Waals surface area contributed by atoms with Crippen LogP contribution in [-0.4, -0.2) is 30.5 Å². The number of nitrogens with one attached hydrogen (secondary N) is 1. The molecule has 9 nitrogen and oxygen atoms in total. The third-order valence-corrected chi connectivity index (χ3v) is 8.05. The van der Waals surface area contributed by atoms with Gasteiger partial charge in [0.05, 0.1) is 40.1 Å². The second kappa shape index (κ2) is 11.2. The van der Waals surface area contributed by atoms with Crippen LogP contribution in [0.4, 0.5) is 10.1 Å². The number of pyridine rings is 1. The maximum Gasteiger partial charge on any atom is 0.227 e. The van der Waals surface area contributed by atoms with Crippen LogP contribution in [0.25, 0.3) is 28.3 Å². The van der Waals surface area contributed by atoms with Gasteiger partial charge in [-0.05, 0) is 43.2 Å². The number of nitrogens with zero attached hydrogens (tertiary/aromatic N) is 5. The van der Waals surface area contributed by atoms with E-state index in [1.165, 1.54) is 35.3 Å². The fourth-order valence-electron chi connectivity index (χ4n) is 5.39. The van der Waals surface area contributed by atoms with Crippen LogP contribution in [0.5, 0.6) is 0 Å². The molecule has 2 atom stereocenters. The minimum absolute atomic E-state index is 0.0287. The first-order valence-electron chi connectivity index (χ1n) is 13.3. The highest BCUT2D eigenvalue weighted by molar-refractivity contribution is 6.31. The van der Waals surface area contributed by atoms with Crippen molar-refractivity contribution in [3.63, 3.8) is 0 Å². The normalized spacial score (nSPS) is 17.2. The summed E-state index contributed by atoms with van der Waals surface area (Å²) in [6, 6.07) is 9.83. The van der Waals surface area contributed by atoms with Gasteiger partial charge in [0.1, 0.15) is 5.76 Å². The summed E-state index contributed by atoms with van der Waals surface area (Å²) in [7, 11) is 1.90. The first kappa shape index (κ1) is 27.9. The molecule has 1 aliphatic rings. The Hall–Kier alpha value is -4.28. The van der Waals surface area contributed by atoms with E-state index in [0.29, 0.717) is 36.2 Å². The molecule has 0 saturated heterocycles. The molecular formula is C30H25Cl2FN6O3. The number of hydrogen-bond acceptors (Lipinski definition) is 6. The van der Waals surface area contributed by atoms with Gasteiger partial charge in [0.15, 0.2) is 16.4 Å². The van der Waals surface area contributed by atoms with E-state index in [4.69, 9.17) is 27.6 Å². The highest BCUT2D eigenvalue weighted by Crippen LogP contribution is 2.37. The summed E-state index contributed by atoms with van der Waals surface area (Å²) in [6.07, 6.45) is 8.16. The molecule has 4 aromatic heterocycles. The van der Waals surface area contributed by atoms with E-state index >= 15 is 4.39 Å². The minimum Gasteiger partial charge on any atom is -0.464 e. The van der Waals surface area contributed by atoms with Crippen molar-refractivity contribution in [3.05, 3.63) is 98.7 Å². The maximum absolute atomic E-state index is 15.4. The Kier molecular flexibility index (Phi) is 7.42. The Bertz CT molecular complexity index is 1880. The molecular weight excluding hydrogens is 582 g/mol. The van der Waals surface area contributed by atoms with Crippen molar-refractivity contribution < 1.29 is 13.6 Å². The topological polar surface area (TPSA) is 108 Å². The van der Waals surface area contributed by atoms with Gasteiger partial charge >= 0.3 is 0 Å². The van der Waals surface area contributed by atoms with E-state index in [1.807, 2.05) is 42.9 Å². The summed E-state index contributed by atoms with van der Waals surface area (Å²) in [5, 5.41) is 10.7. The second-order valence-electron chi connectivity index (χ2n) is 10.3. The Morgan fingerprint density at radius 2 is 1.95 bits per heavy atom. The molecule has 12 heteroatoms. The summed E-state index contributed by atoms with van der Waals surface area (Å²) in [5.41, 5.74) is 3.29. The van der Waals surface area contributed by atoms with Crippen LogP contribution in [0.15, 0.2) is 70.5 Å². The fraction of sp³-hybridized carbons (Fsp3) is 0.233. The maximum atomic E-state index is 15.4. The quantitative estimate of drug-likeness (QED) is 0.247. The molecule has 5 aromatic rings. The molecule has 42 heavy (non-hydrogen) atoms. The number of amides is 1. The lowest BCUT2D eigenvalue weighted by Crippen LogP contribution is -2.22. The van der Waals surface area contributed by atoms with E-state index in [-0.39, 0.29) is 44.4 Å². The van der Waals surface area contributed by atoms with Crippen molar-refractivity contribution >= 4 is 34.8 Å². The van der Waals surface area contributed by atoms with Gasteiger partial charge in [0, 0.05) is 54.2 Å². The highest BCUT2D eigenvalue weighted by atomic mass is 35.5. The number of aryl methyl sites for hydroxylation is 1. The molecule has 5 heterocycles. The number of benzene rings is 1. The standard InChI is InChI=1S/C30H25Cl2FN6O3/c1-16-4-3-5-18(22-12-17(8-10-34-22)29-21(35-30(16)41)9-11-38(29)2)19-15-42-25(13-24(19)40)27-23(7-6-20(31)28(27)33)39-14-26(32)36-37-39/h6-16,18H,3-5H2,1-2H3,(H,35,41)/t16-,18-/m1/s1. The number of fused-ring (bicyclic) bond motifs is 4. The lowest BCUT2D eigenvalue weighted by atomic mass is 9.88. The molecule has 214 valence electrons.